The Kier molecular flexibility index (Phi) is 4.32. The molecule has 1 aromatic carbocycles. The molecule has 0 saturated heterocycles. The van der Waals surface area contributed by atoms with E-state index in [1.165, 1.54) is 36.7 Å². The molecule has 0 aliphatic carbocycles. The first kappa shape index (κ1) is 15.4. The number of nitro groups is 1. The van der Waals surface area contributed by atoms with Crippen LogP contribution in [0.3, 0.4) is 0 Å². The normalized spacial score (nSPS) is 11.9. The zero-order valence-corrected chi connectivity index (χ0v) is 11.8. The van der Waals surface area contributed by atoms with Gasteiger partial charge in [-0.3, -0.25) is 19.4 Å². The monoisotopic (exact) mass is 322 g/mol. The lowest BCUT2D eigenvalue weighted by molar-refractivity contribution is -0.387. The number of oxime groups is 1. The van der Waals surface area contributed by atoms with Crippen LogP contribution in [-0.4, -0.2) is 24.2 Å². The minimum Gasteiger partial charge on any atom is -0.380 e. The Morgan fingerprint density at radius 1 is 1.23 bits per heavy atom. The molecule has 22 heavy (non-hydrogen) atoms. The van der Waals surface area contributed by atoms with Gasteiger partial charge in [0.05, 0.1) is 4.92 Å². The highest BCUT2D eigenvalue weighted by atomic mass is 32.2. The first-order chi connectivity index (χ1) is 10.4. The lowest BCUT2D eigenvalue weighted by Gasteiger charge is -2.03. The highest BCUT2D eigenvalue weighted by Gasteiger charge is 2.27. The molecule has 0 aliphatic rings. The number of nitro benzene ring substituents is 1. The number of nitrogens with two attached hydrogens (primary N) is 1. The summed E-state index contributed by atoms with van der Waals surface area (Å²) in [6.07, 6.45) is 2.88. The average molecular weight is 322 g/mol. The molecule has 0 unspecified atom stereocenters. The number of para-hydroxylation sites is 1. The predicted octanol–water partition coefficient (Wildman–Crippen LogP) is 1.02. The second-order valence-electron chi connectivity index (χ2n) is 3.97. The maximum absolute atomic E-state index is 12.0. The summed E-state index contributed by atoms with van der Waals surface area (Å²) in [6.45, 7) is 0. The summed E-state index contributed by atoms with van der Waals surface area (Å²) in [5, 5.41) is 14.1. The SMILES string of the molecule is NC(=NOS(=O)(=O)c1ccccc1[N+](=O)[O-])c1ccncc1. The summed E-state index contributed by atoms with van der Waals surface area (Å²) in [5.41, 5.74) is 5.36. The van der Waals surface area contributed by atoms with Gasteiger partial charge in [0.25, 0.3) is 5.69 Å². The molecule has 2 rings (SSSR count). The van der Waals surface area contributed by atoms with Crippen molar-refractivity contribution in [2.45, 2.75) is 4.90 Å². The molecule has 1 heterocycles. The van der Waals surface area contributed by atoms with Gasteiger partial charge >= 0.3 is 10.1 Å². The number of amidine groups is 1. The number of rotatable bonds is 5. The topological polar surface area (TPSA) is 138 Å². The summed E-state index contributed by atoms with van der Waals surface area (Å²) in [4.78, 5) is 13.2. The molecule has 1 aromatic heterocycles. The number of benzene rings is 1. The maximum Gasteiger partial charge on any atom is 0.365 e. The fourth-order valence-corrected chi connectivity index (χ4v) is 2.43. The first-order valence-electron chi connectivity index (χ1n) is 5.83. The predicted molar refractivity (Wildman–Crippen MR) is 76.3 cm³/mol. The van der Waals surface area contributed by atoms with Crippen LogP contribution >= 0.6 is 0 Å². The summed E-state index contributed by atoms with van der Waals surface area (Å²) in [5.74, 6) is -0.204. The van der Waals surface area contributed by atoms with Crippen LogP contribution in [0.2, 0.25) is 0 Å². The first-order valence-corrected chi connectivity index (χ1v) is 7.23. The highest BCUT2D eigenvalue weighted by molar-refractivity contribution is 7.86. The maximum atomic E-state index is 12.0. The molecule has 9 nitrogen and oxygen atoms in total. The van der Waals surface area contributed by atoms with Crippen LogP contribution in [0.4, 0.5) is 5.69 Å². The van der Waals surface area contributed by atoms with E-state index < -0.39 is 25.6 Å². The Morgan fingerprint density at radius 2 is 1.86 bits per heavy atom. The zero-order valence-electron chi connectivity index (χ0n) is 11.0. The summed E-state index contributed by atoms with van der Waals surface area (Å²) >= 11 is 0. The molecule has 0 amide bonds. The fraction of sp³-hybridized carbons (Fsp3) is 0. The summed E-state index contributed by atoms with van der Waals surface area (Å²) < 4.78 is 28.4. The summed E-state index contributed by atoms with van der Waals surface area (Å²) in [7, 11) is -4.46. The van der Waals surface area contributed by atoms with Gasteiger partial charge in [-0.1, -0.05) is 12.1 Å². The van der Waals surface area contributed by atoms with Gasteiger partial charge in [-0.05, 0) is 23.4 Å². The molecule has 0 spiro atoms. The minimum atomic E-state index is -4.46. The molecule has 2 aromatic rings. The van der Waals surface area contributed by atoms with Gasteiger partial charge in [0.1, 0.15) is 0 Å². The fourth-order valence-electron chi connectivity index (χ4n) is 1.52. The van der Waals surface area contributed by atoms with Crippen LogP contribution in [-0.2, 0) is 14.4 Å². The minimum absolute atomic E-state index is 0.204. The van der Waals surface area contributed by atoms with Crippen molar-refractivity contribution in [3.05, 3.63) is 64.5 Å². The Bertz CT molecular complexity index is 820. The van der Waals surface area contributed by atoms with Crippen molar-refractivity contribution >= 4 is 21.6 Å². The van der Waals surface area contributed by atoms with Gasteiger partial charge < -0.3 is 5.73 Å². The smallest absolute Gasteiger partial charge is 0.365 e. The van der Waals surface area contributed by atoms with Gasteiger partial charge in [0, 0.05) is 24.0 Å². The molecule has 114 valence electrons. The van der Waals surface area contributed by atoms with Crippen molar-refractivity contribution in [3.63, 3.8) is 0 Å². The Hall–Kier alpha value is -3.01. The van der Waals surface area contributed by atoms with E-state index in [0.29, 0.717) is 5.56 Å². The molecule has 2 N–H and O–H groups in total. The second kappa shape index (κ2) is 6.18. The number of hydrogen-bond acceptors (Lipinski definition) is 7. The quantitative estimate of drug-likeness (QED) is 0.375. The van der Waals surface area contributed by atoms with E-state index in [1.807, 2.05) is 0 Å². The molecule has 0 aliphatic heterocycles. The molecule has 0 bridgehead atoms. The van der Waals surface area contributed by atoms with Crippen molar-refractivity contribution in [1.82, 2.24) is 4.98 Å². The van der Waals surface area contributed by atoms with E-state index in [0.717, 1.165) is 12.1 Å². The van der Waals surface area contributed by atoms with Crippen molar-refractivity contribution in [2.75, 3.05) is 0 Å². The van der Waals surface area contributed by atoms with E-state index >= 15 is 0 Å². The molecular weight excluding hydrogens is 312 g/mol. The van der Waals surface area contributed by atoms with Gasteiger partial charge in [0.2, 0.25) is 0 Å². The van der Waals surface area contributed by atoms with Gasteiger partial charge in [-0.2, -0.15) is 8.42 Å². The van der Waals surface area contributed by atoms with E-state index in [9.17, 15) is 18.5 Å². The molecule has 0 atom stereocenters. The van der Waals surface area contributed by atoms with Crippen LogP contribution in [0, 0.1) is 10.1 Å². The number of nitrogens with zero attached hydrogens (tertiary/aromatic N) is 3. The van der Waals surface area contributed by atoms with E-state index in [1.54, 1.807) is 0 Å². The third kappa shape index (κ3) is 3.35. The summed E-state index contributed by atoms with van der Waals surface area (Å²) in [6, 6.07) is 7.77. The number of pyridine rings is 1. The van der Waals surface area contributed by atoms with E-state index in [-0.39, 0.29) is 5.84 Å². The molecular formula is C12H10N4O5S. The average Bonchev–Trinajstić information content (AvgIpc) is 2.53. The molecule has 0 saturated carbocycles. The van der Waals surface area contributed by atoms with Crippen molar-refractivity contribution in [1.29, 1.82) is 0 Å². The van der Waals surface area contributed by atoms with Crippen molar-refractivity contribution in [2.24, 2.45) is 10.9 Å². The van der Waals surface area contributed by atoms with Crippen molar-refractivity contribution < 1.29 is 17.6 Å². The third-order valence-corrected chi connectivity index (χ3v) is 3.70. The number of aromatic nitrogens is 1. The van der Waals surface area contributed by atoms with Crippen LogP contribution in [0.15, 0.2) is 58.8 Å². The number of hydrogen-bond donors (Lipinski definition) is 1. The van der Waals surface area contributed by atoms with Gasteiger partial charge in [-0.15, -0.1) is 0 Å². The lowest BCUT2D eigenvalue weighted by atomic mass is 10.2. The van der Waals surface area contributed by atoms with Gasteiger partial charge in [0.15, 0.2) is 10.7 Å². The van der Waals surface area contributed by atoms with Crippen LogP contribution in [0.1, 0.15) is 5.56 Å². The highest BCUT2D eigenvalue weighted by Crippen LogP contribution is 2.24. The third-order valence-electron chi connectivity index (χ3n) is 2.54. The zero-order chi connectivity index (χ0) is 16.2. The van der Waals surface area contributed by atoms with E-state index in [4.69, 9.17) is 5.73 Å². The van der Waals surface area contributed by atoms with Crippen LogP contribution < -0.4 is 5.73 Å². The standard InChI is InChI=1S/C12H10N4O5S/c13-12(9-5-7-14-8-6-9)15-21-22(19,20)11-4-2-1-3-10(11)16(17)18/h1-8H,(H2,13,15). The molecule has 0 fully saturated rings. The molecule has 0 radical (unpaired) electrons. The second-order valence-corrected chi connectivity index (χ2v) is 5.46. The Morgan fingerprint density at radius 3 is 2.50 bits per heavy atom. The van der Waals surface area contributed by atoms with Crippen LogP contribution in [0.25, 0.3) is 0 Å². The molecule has 10 heteroatoms. The Labute approximate surface area is 125 Å². The largest absolute Gasteiger partial charge is 0.380 e. The van der Waals surface area contributed by atoms with E-state index in [2.05, 4.69) is 14.4 Å². The lowest BCUT2D eigenvalue weighted by Crippen LogP contribution is -2.15. The Balaban J connectivity index is 2.32. The van der Waals surface area contributed by atoms with Crippen molar-refractivity contribution in [3.8, 4) is 0 Å². The van der Waals surface area contributed by atoms with Gasteiger partial charge in [-0.25, -0.2) is 0 Å². The van der Waals surface area contributed by atoms with Crippen LogP contribution in [0.5, 0.6) is 0 Å².